The second-order valence-corrected chi connectivity index (χ2v) is 7.88. The zero-order chi connectivity index (χ0) is 22.7. The number of nitrogens with one attached hydrogen (secondary N) is 1. The average Bonchev–Trinajstić information content (AvgIpc) is 3.48. The molecule has 32 heavy (non-hydrogen) atoms. The normalized spacial score (nSPS) is 19.0. The van der Waals surface area contributed by atoms with Crippen molar-refractivity contribution in [2.75, 3.05) is 34.1 Å². The third kappa shape index (κ3) is 4.30. The van der Waals surface area contributed by atoms with E-state index in [2.05, 4.69) is 5.32 Å². The van der Waals surface area contributed by atoms with E-state index in [1.165, 1.54) is 0 Å². The van der Waals surface area contributed by atoms with Crippen molar-refractivity contribution >= 4 is 11.8 Å². The van der Waals surface area contributed by atoms with E-state index >= 15 is 0 Å². The minimum atomic E-state index is -0.387. The number of nitrogens with zero attached hydrogens (tertiary/aromatic N) is 1. The topological polar surface area (TPSA) is 86.3 Å². The molecule has 0 aliphatic carbocycles. The molecule has 2 aromatic rings. The van der Waals surface area contributed by atoms with E-state index in [1.54, 1.807) is 25.2 Å². The third-order valence-corrected chi connectivity index (χ3v) is 6.06. The summed E-state index contributed by atoms with van der Waals surface area (Å²) in [5.74, 6) is 2.08. The van der Waals surface area contributed by atoms with E-state index in [-0.39, 0.29) is 30.4 Å². The van der Waals surface area contributed by atoms with Gasteiger partial charge in [0.25, 0.3) is 0 Å². The van der Waals surface area contributed by atoms with Gasteiger partial charge in [0.05, 0.1) is 20.1 Å². The summed E-state index contributed by atoms with van der Waals surface area (Å²) in [6, 6.07) is 11.2. The first-order chi connectivity index (χ1) is 15.5. The smallest absolute Gasteiger partial charge is 0.231 e. The predicted molar refractivity (Wildman–Crippen MR) is 117 cm³/mol. The largest absolute Gasteiger partial charge is 0.497 e. The Bertz CT molecular complexity index is 1010. The fourth-order valence-corrected chi connectivity index (χ4v) is 4.31. The maximum Gasteiger partial charge on any atom is 0.231 e. The molecule has 2 atom stereocenters. The van der Waals surface area contributed by atoms with Gasteiger partial charge in [-0.2, -0.15) is 0 Å². The lowest BCUT2D eigenvalue weighted by Gasteiger charge is -2.21. The van der Waals surface area contributed by atoms with Crippen LogP contribution in [0.25, 0.3) is 0 Å². The molecule has 2 amide bonds. The first-order valence-electron chi connectivity index (χ1n) is 10.7. The monoisotopic (exact) mass is 440 g/mol. The summed E-state index contributed by atoms with van der Waals surface area (Å²) in [5, 5.41) is 3.03. The molecule has 170 valence electrons. The highest BCUT2D eigenvalue weighted by Gasteiger charge is 2.41. The number of rotatable bonds is 7. The molecule has 8 heteroatoms. The molecule has 0 radical (unpaired) electrons. The number of ether oxygens (including phenoxy) is 4. The van der Waals surface area contributed by atoms with Gasteiger partial charge < -0.3 is 29.2 Å². The summed E-state index contributed by atoms with van der Waals surface area (Å²) in [5.41, 5.74) is 1.81. The second kappa shape index (κ2) is 9.38. The van der Waals surface area contributed by atoms with Crippen molar-refractivity contribution in [3.63, 3.8) is 0 Å². The van der Waals surface area contributed by atoms with Gasteiger partial charge >= 0.3 is 0 Å². The van der Waals surface area contributed by atoms with E-state index < -0.39 is 0 Å². The second-order valence-electron chi connectivity index (χ2n) is 7.88. The van der Waals surface area contributed by atoms with Crippen molar-refractivity contribution in [2.45, 2.75) is 25.8 Å². The van der Waals surface area contributed by atoms with Gasteiger partial charge in [-0.1, -0.05) is 19.1 Å². The van der Waals surface area contributed by atoms with Crippen LogP contribution in [0.1, 0.15) is 30.4 Å². The highest BCUT2D eigenvalue weighted by Crippen LogP contribution is 2.39. The fraction of sp³-hybridized carbons (Fsp3) is 0.417. The molecule has 1 N–H and O–H groups in total. The summed E-state index contributed by atoms with van der Waals surface area (Å²) < 4.78 is 21.6. The molecule has 2 aliphatic rings. The summed E-state index contributed by atoms with van der Waals surface area (Å²) >= 11 is 0. The van der Waals surface area contributed by atoms with Gasteiger partial charge in [0.15, 0.2) is 11.5 Å². The van der Waals surface area contributed by atoms with Crippen molar-refractivity contribution < 1.29 is 28.5 Å². The molecule has 0 spiro atoms. The van der Waals surface area contributed by atoms with Crippen LogP contribution in [0.15, 0.2) is 36.4 Å². The summed E-state index contributed by atoms with van der Waals surface area (Å²) in [4.78, 5) is 27.4. The fourth-order valence-electron chi connectivity index (χ4n) is 4.31. The van der Waals surface area contributed by atoms with Gasteiger partial charge in [-0.15, -0.1) is 0 Å². The van der Waals surface area contributed by atoms with Gasteiger partial charge in [0, 0.05) is 43.6 Å². The lowest BCUT2D eigenvalue weighted by molar-refractivity contribution is -0.130. The lowest BCUT2D eigenvalue weighted by Crippen LogP contribution is -2.35. The van der Waals surface area contributed by atoms with Gasteiger partial charge in [0.2, 0.25) is 18.6 Å². The number of amides is 2. The molecule has 1 fully saturated rings. The molecular formula is C24H28N2O6. The van der Waals surface area contributed by atoms with Crippen LogP contribution in [-0.2, 0) is 16.1 Å². The highest BCUT2D eigenvalue weighted by atomic mass is 16.7. The van der Waals surface area contributed by atoms with Gasteiger partial charge in [-0.05, 0) is 23.8 Å². The van der Waals surface area contributed by atoms with Crippen LogP contribution in [-0.4, -0.2) is 50.8 Å². The lowest BCUT2D eigenvalue weighted by atomic mass is 9.87. The Hall–Kier alpha value is -3.42. The van der Waals surface area contributed by atoms with Crippen LogP contribution in [0.5, 0.6) is 23.0 Å². The average molecular weight is 440 g/mol. The van der Waals surface area contributed by atoms with Crippen LogP contribution in [0.2, 0.25) is 0 Å². The Morgan fingerprint density at radius 1 is 1.06 bits per heavy atom. The molecule has 0 bridgehead atoms. The minimum absolute atomic E-state index is 0.0357. The molecule has 1 saturated heterocycles. The van der Waals surface area contributed by atoms with E-state index in [9.17, 15) is 9.59 Å². The molecule has 2 heterocycles. The van der Waals surface area contributed by atoms with E-state index in [4.69, 9.17) is 18.9 Å². The number of benzene rings is 2. The minimum Gasteiger partial charge on any atom is -0.497 e. The van der Waals surface area contributed by atoms with Crippen LogP contribution >= 0.6 is 0 Å². The van der Waals surface area contributed by atoms with Crippen molar-refractivity contribution in [2.24, 2.45) is 5.92 Å². The van der Waals surface area contributed by atoms with Gasteiger partial charge in [-0.25, -0.2) is 0 Å². The van der Waals surface area contributed by atoms with Crippen LogP contribution in [0, 0.1) is 5.92 Å². The summed E-state index contributed by atoms with van der Waals surface area (Å²) in [6.45, 7) is 3.25. The Labute approximate surface area is 187 Å². The van der Waals surface area contributed by atoms with Crippen molar-refractivity contribution in [3.8, 4) is 23.0 Å². The van der Waals surface area contributed by atoms with Crippen LogP contribution in [0.4, 0.5) is 0 Å². The zero-order valence-corrected chi connectivity index (χ0v) is 18.6. The SMILES string of the molecule is CCC(=O)N1C[C@@H](C(=O)NCc2ccc3c(c2)OCO3)[C@H](c2ccc(OC)cc2OC)C1. The Morgan fingerprint density at radius 2 is 1.88 bits per heavy atom. The maximum atomic E-state index is 13.2. The van der Waals surface area contributed by atoms with E-state index in [0.717, 1.165) is 11.1 Å². The number of likely N-dealkylation sites (tertiary alicyclic amines) is 1. The number of hydrogen-bond donors (Lipinski definition) is 1. The summed E-state index contributed by atoms with van der Waals surface area (Å²) in [6.07, 6.45) is 0.401. The zero-order valence-electron chi connectivity index (χ0n) is 18.6. The maximum absolute atomic E-state index is 13.2. The number of fused-ring (bicyclic) bond motifs is 1. The quantitative estimate of drug-likeness (QED) is 0.713. The van der Waals surface area contributed by atoms with Crippen LogP contribution < -0.4 is 24.3 Å². The third-order valence-electron chi connectivity index (χ3n) is 6.06. The van der Waals surface area contributed by atoms with Gasteiger partial charge in [-0.3, -0.25) is 9.59 Å². The molecule has 0 saturated carbocycles. The first kappa shape index (κ1) is 21.8. The van der Waals surface area contributed by atoms with Crippen molar-refractivity contribution in [1.29, 1.82) is 0 Å². The van der Waals surface area contributed by atoms with E-state index in [1.807, 2.05) is 37.3 Å². The molecule has 0 aromatic heterocycles. The van der Waals surface area contributed by atoms with Crippen LogP contribution in [0.3, 0.4) is 0 Å². The molecule has 4 rings (SSSR count). The van der Waals surface area contributed by atoms with Gasteiger partial charge in [0.1, 0.15) is 11.5 Å². The number of carbonyl (C=O) groups is 2. The Kier molecular flexibility index (Phi) is 6.39. The molecule has 2 aliphatic heterocycles. The molecule has 0 unspecified atom stereocenters. The molecule has 8 nitrogen and oxygen atoms in total. The first-order valence-corrected chi connectivity index (χ1v) is 10.7. The van der Waals surface area contributed by atoms with E-state index in [0.29, 0.717) is 49.1 Å². The van der Waals surface area contributed by atoms with Crippen molar-refractivity contribution in [1.82, 2.24) is 10.2 Å². The Morgan fingerprint density at radius 3 is 2.62 bits per heavy atom. The molecular weight excluding hydrogens is 412 g/mol. The predicted octanol–water partition coefficient (Wildman–Crippen LogP) is 2.70. The highest BCUT2D eigenvalue weighted by molar-refractivity contribution is 5.83. The standard InChI is InChI=1S/C24H28N2O6/c1-4-23(27)26-12-18(17-7-6-16(29-2)10-21(17)30-3)19(13-26)24(28)25-11-15-5-8-20-22(9-15)32-14-31-20/h5-10,18-19H,4,11-14H2,1-3H3,(H,25,28)/t18-,19+/m0/s1. The number of carbonyl (C=O) groups excluding carboxylic acids is 2. The number of methoxy groups -OCH3 is 2. The summed E-state index contributed by atoms with van der Waals surface area (Å²) in [7, 11) is 3.19. The number of hydrogen-bond acceptors (Lipinski definition) is 6. The van der Waals surface area contributed by atoms with Crippen molar-refractivity contribution in [3.05, 3.63) is 47.5 Å². The molecule has 2 aromatic carbocycles. The Balaban J connectivity index is 1.53.